The van der Waals surface area contributed by atoms with E-state index < -0.39 is 26.8 Å². The van der Waals surface area contributed by atoms with Gasteiger partial charge >= 0.3 is 0 Å². The number of halogens is 1. The van der Waals surface area contributed by atoms with Crippen LogP contribution in [0.4, 0.5) is 4.39 Å². The largest absolute Gasteiger partial charge is 0.341 e. The monoisotopic (exact) mass is 357 g/mol. The summed E-state index contributed by atoms with van der Waals surface area (Å²) >= 11 is 0. The number of likely N-dealkylation sites (tertiary alicyclic amines) is 1. The fraction of sp³-hybridized carbons (Fsp3) is 0.562. The van der Waals surface area contributed by atoms with Gasteiger partial charge in [0.2, 0.25) is 15.9 Å². The Hall–Kier alpha value is -1.51. The molecule has 6 nitrogen and oxygen atoms in total. The van der Waals surface area contributed by atoms with Crippen LogP contribution in [-0.4, -0.2) is 44.4 Å². The predicted octanol–water partition coefficient (Wildman–Crippen LogP) is 1.08. The topological polar surface area (TPSA) is 92.5 Å². The predicted molar refractivity (Wildman–Crippen MR) is 89.1 cm³/mol. The van der Waals surface area contributed by atoms with E-state index in [2.05, 4.69) is 4.72 Å². The maximum atomic E-state index is 13.7. The van der Waals surface area contributed by atoms with Crippen molar-refractivity contribution in [3.05, 3.63) is 30.1 Å². The molecule has 0 bridgehead atoms. The molecule has 0 aromatic heterocycles. The molecule has 1 saturated heterocycles. The van der Waals surface area contributed by atoms with Crippen LogP contribution < -0.4 is 10.5 Å². The summed E-state index contributed by atoms with van der Waals surface area (Å²) in [7, 11) is -4.10. The van der Waals surface area contributed by atoms with Gasteiger partial charge in [-0.1, -0.05) is 12.1 Å². The first-order chi connectivity index (χ1) is 11.2. The van der Waals surface area contributed by atoms with Gasteiger partial charge in [0, 0.05) is 19.1 Å². The van der Waals surface area contributed by atoms with Crippen molar-refractivity contribution in [1.82, 2.24) is 9.62 Å². The normalized spacial score (nSPS) is 21.3. The maximum absolute atomic E-state index is 13.7. The van der Waals surface area contributed by atoms with Gasteiger partial charge in [-0.05, 0) is 44.7 Å². The molecule has 1 fully saturated rings. The Morgan fingerprint density at radius 3 is 2.67 bits per heavy atom. The molecule has 1 amide bonds. The van der Waals surface area contributed by atoms with Crippen molar-refractivity contribution in [2.45, 2.75) is 43.7 Å². The molecule has 1 aliphatic heterocycles. The molecule has 1 heterocycles. The molecule has 3 atom stereocenters. The SMILES string of the molecule is CC(NS(=O)(=O)c1ccccc1F)C(=O)N1CCCC(C(C)N)C1. The third kappa shape index (κ3) is 4.31. The molecular formula is C16H24FN3O3S. The highest BCUT2D eigenvalue weighted by atomic mass is 32.2. The lowest BCUT2D eigenvalue weighted by Gasteiger charge is -2.36. The van der Waals surface area contributed by atoms with Gasteiger partial charge < -0.3 is 10.6 Å². The van der Waals surface area contributed by atoms with Gasteiger partial charge in [-0.2, -0.15) is 4.72 Å². The number of nitrogens with two attached hydrogens (primary N) is 1. The molecule has 1 aromatic carbocycles. The standard InChI is InChI=1S/C16H24FN3O3S/c1-11(18)13-6-5-9-20(10-13)16(21)12(2)19-24(22,23)15-8-4-3-7-14(15)17/h3-4,7-8,11-13,19H,5-6,9-10,18H2,1-2H3. The number of hydrogen-bond acceptors (Lipinski definition) is 4. The van der Waals surface area contributed by atoms with Crippen molar-refractivity contribution < 1.29 is 17.6 Å². The van der Waals surface area contributed by atoms with Crippen LogP contribution in [0.1, 0.15) is 26.7 Å². The van der Waals surface area contributed by atoms with Crippen LogP contribution >= 0.6 is 0 Å². The molecule has 134 valence electrons. The average Bonchev–Trinajstić information content (AvgIpc) is 2.54. The van der Waals surface area contributed by atoms with E-state index in [1.165, 1.54) is 25.1 Å². The van der Waals surface area contributed by atoms with Crippen molar-refractivity contribution in [3.8, 4) is 0 Å². The van der Waals surface area contributed by atoms with Gasteiger partial charge in [-0.25, -0.2) is 12.8 Å². The van der Waals surface area contributed by atoms with Gasteiger partial charge in [0.1, 0.15) is 10.7 Å². The molecule has 1 aliphatic rings. The molecule has 8 heteroatoms. The van der Waals surface area contributed by atoms with Gasteiger partial charge in [0.25, 0.3) is 0 Å². The highest BCUT2D eigenvalue weighted by molar-refractivity contribution is 7.89. The number of sulfonamides is 1. The van der Waals surface area contributed by atoms with Gasteiger partial charge in [0.15, 0.2) is 0 Å². The van der Waals surface area contributed by atoms with Crippen LogP contribution in [0, 0.1) is 11.7 Å². The lowest BCUT2D eigenvalue weighted by Crippen LogP contribution is -2.51. The zero-order valence-corrected chi connectivity index (χ0v) is 14.7. The first-order valence-electron chi connectivity index (χ1n) is 8.03. The maximum Gasteiger partial charge on any atom is 0.244 e. The van der Waals surface area contributed by atoms with E-state index in [4.69, 9.17) is 5.73 Å². The van der Waals surface area contributed by atoms with E-state index in [0.717, 1.165) is 18.9 Å². The lowest BCUT2D eigenvalue weighted by atomic mass is 9.92. The number of piperidine rings is 1. The lowest BCUT2D eigenvalue weighted by molar-refractivity contribution is -0.134. The Balaban J connectivity index is 2.07. The van der Waals surface area contributed by atoms with Gasteiger partial charge in [-0.3, -0.25) is 4.79 Å². The first kappa shape index (κ1) is 18.8. The zero-order valence-electron chi connectivity index (χ0n) is 13.9. The fourth-order valence-electron chi connectivity index (χ4n) is 2.92. The second-order valence-corrected chi connectivity index (χ2v) is 8.00. The molecule has 24 heavy (non-hydrogen) atoms. The van der Waals surface area contributed by atoms with Crippen LogP contribution in [0.15, 0.2) is 29.2 Å². The highest BCUT2D eigenvalue weighted by Crippen LogP contribution is 2.20. The first-order valence-corrected chi connectivity index (χ1v) is 9.52. The van der Waals surface area contributed by atoms with Crippen LogP contribution in [-0.2, 0) is 14.8 Å². The summed E-state index contributed by atoms with van der Waals surface area (Å²) in [6.45, 7) is 4.47. The Morgan fingerprint density at radius 2 is 2.04 bits per heavy atom. The number of nitrogens with one attached hydrogen (secondary N) is 1. The van der Waals surface area contributed by atoms with E-state index in [1.54, 1.807) is 4.90 Å². The summed E-state index contributed by atoms with van der Waals surface area (Å²) in [4.78, 5) is 13.7. The molecule has 0 aliphatic carbocycles. The molecule has 3 N–H and O–H groups in total. The Bertz CT molecular complexity index is 694. The average molecular weight is 357 g/mol. The van der Waals surface area contributed by atoms with Gasteiger partial charge in [0.05, 0.1) is 6.04 Å². The zero-order chi connectivity index (χ0) is 17.9. The number of hydrogen-bond donors (Lipinski definition) is 2. The Kier molecular flexibility index (Phi) is 5.95. The van der Waals surface area contributed by atoms with Crippen molar-refractivity contribution in [2.75, 3.05) is 13.1 Å². The molecule has 2 rings (SSSR count). The minimum absolute atomic E-state index is 0.0222. The minimum Gasteiger partial charge on any atom is -0.341 e. The van der Waals surface area contributed by atoms with Crippen molar-refractivity contribution in [1.29, 1.82) is 0 Å². The number of benzene rings is 1. The van der Waals surface area contributed by atoms with Gasteiger partial charge in [-0.15, -0.1) is 0 Å². The molecule has 1 aromatic rings. The summed E-state index contributed by atoms with van der Waals surface area (Å²) in [5, 5.41) is 0. The number of nitrogens with zero attached hydrogens (tertiary/aromatic N) is 1. The molecule has 3 unspecified atom stereocenters. The third-order valence-corrected chi connectivity index (χ3v) is 5.92. The summed E-state index contributed by atoms with van der Waals surface area (Å²) in [5.41, 5.74) is 5.91. The smallest absolute Gasteiger partial charge is 0.244 e. The van der Waals surface area contributed by atoms with E-state index in [9.17, 15) is 17.6 Å². The summed E-state index contributed by atoms with van der Waals surface area (Å²) < 4.78 is 40.5. The molecular weight excluding hydrogens is 333 g/mol. The molecule has 0 saturated carbocycles. The van der Waals surface area contributed by atoms with Crippen molar-refractivity contribution >= 4 is 15.9 Å². The molecule has 0 radical (unpaired) electrons. The minimum atomic E-state index is -4.10. The van der Waals surface area contributed by atoms with E-state index >= 15 is 0 Å². The third-order valence-electron chi connectivity index (χ3n) is 4.34. The van der Waals surface area contributed by atoms with E-state index in [-0.39, 0.29) is 17.9 Å². The Morgan fingerprint density at radius 1 is 1.38 bits per heavy atom. The summed E-state index contributed by atoms with van der Waals surface area (Å²) in [6, 6.07) is 4.08. The van der Waals surface area contributed by atoms with Crippen molar-refractivity contribution in [2.24, 2.45) is 11.7 Å². The number of carbonyl (C=O) groups excluding carboxylic acids is 1. The van der Waals surface area contributed by atoms with Crippen LogP contribution in [0.25, 0.3) is 0 Å². The summed E-state index contributed by atoms with van der Waals surface area (Å²) in [5.74, 6) is -0.960. The van der Waals surface area contributed by atoms with Crippen LogP contribution in [0.3, 0.4) is 0 Å². The second-order valence-electron chi connectivity index (χ2n) is 6.32. The quantitative estimate of drug-likeness (QED) is 0.825. The number of carbonyl (C=O) groups is 1. The highest BCUT2D eigenvalue weighted by Gasteiger charge is 2.31. The van der Waals surface area contributed by atoms with E-state index in [1.807, 2.05) is 6.92 Å². The Labute approximate surface area is 142 Å². The number of amides is 1. The van der Waals surface area contributed by atoms with Crippen LogP contribution in [0.5, 0.6) is 0 Å². The fourth-order valence-corrected chi connectivity index (χ4v) is 4.20. The molecule has 0 spiro atoms. The second kappa shape index (κ2) is 7.58. The van der Waals surface area contributed by atoms with Crippen molar-refractivity contribution in [3.63, 3.8) is 0 Å². The summed E-state index contributed by atoms with van der Waals surface area (Å²) in [6.07, 6.45) is 1.79. The number of rotatable bonds is 5. The van der Waals surface area contributed by atoms with Crippen LogP contribution in [0.2, 0.25) is 0 Å². The van der Waals surface area contributed by atoms with E-state index in [0.29, 0.717) is 13.1 Å².